The van der Waals surface area contributed by atoms with Crippen LogP contribution >= 0.6 is 27.5 Å². The summed E-state index contributed by atoms with van der Waals surface area (Å²) in [7, 11) is -2.42. The highest BCUT2D eigenvalue weighted by atomic mass is 79.9. The van der Waals surface area contributed by atoms with Gasteiger partial charge in [0.1, 0.15) is 16.6 Å². The fraction of sp³-hybridized carbons (Fsp3) is 0.312. The van der Waals surface area contributed by atoms with Gasteiger partial charge < -0.3 is 9.88 Å². The van der Waals surface area contributed by atoms with Crippen LogP contribution in [0, 0.1) is 0 Å². The number of benzene rings is 1. The number of aromatic nitrogens is 1. The lowest BCUT2D eigenvalue weighted by molar-refractivity contribution is -0.164. The van der Waals surface area contributed by atoms with Crippen molar-refractivity contribution < 1.29 is 26.4 Å². The molecular weight excluding hydrogens is 487 g/mol. The van der Waals surface area contributed by atoms with Crippen molar-refractivity contribution in [3.05, 3.63) is 45.7 Å². The Hall–Kier alpha value is -1.56. The third-order valence-corrected chi connectivity index (χ3v) is 6.99. The number of nitrogens with one attached hydrogen (secondary N) is 1. The van der Waals surface area contributed by atoms with Crippen LogP contribution in [0.4, 0.5) is 18.9 Å². The molecular formula is C16H16BrClF3N3O3S. The fourth-order valence-electron chi connectivity index (χ4n) is 2.33. The lowest BCUT2D eigenvalue weighted by Gasteiger charge is -2.25. The van der Waals surface area contributed by atoms with Gasteiger partial charge in [-0.15, -0.1) is 0 Å². The molecule has 154 valence electrons. The summed E-state index contributed by atoms with van der Waals surface area (Å²) in [5, 5.41) is 2.10. The van der Waals surface area contributed by atoms with E-state index in [0.717, 1.165) is 24.7 Å². The summed E-state index contributed by atoms with van der Waals surface area (Å²) >= 11 is 9.35. The molecule has 0 aliphatic carbocycles. The molecule has 6 nitrogen and oxygen atoms in total. The third kappa shape index (κ3) is 4.53. The number of aryl methyl sites for hydroxylation is 1. The molecule has 0 saturated heterocycles. The Balaban J connectivity index is 2.41. The van der Waals surface area contributed by atoms with E-state index in [1.165, 1.54) is 7.05 Å². The van der Waals surface area contributed by atoms with E-state index in [1.807, 2.05) is 0 Å². The van der Waals surface area contributed by atoms with Crippen LogP contribution in [0.3, 0.4) is 0 Å². The zero-order valence-electron chi connectivity index (χ0n) is 14.9. The highest BCUT2D eigenvalue weighted by Crippen LogP contribution is 2.33. The Kier molecular flexibility index (Phi) is 6.54. The van der Waals surface area contributed by atoms with Gasteiger partial charge in [0.25, 0.3) is 5.91 Å². The van der Waals surface area contributed by atoms with Gasteiger partial charge in [0, 0.05) is 30.5 Å². The normalized spacial score (nSPS) is 13.6. The van der Waals surface area contributed by atoms with Crippen LogP contribution in [0.5, 0.6) is 0 Å². The third-order valence-electron chi connectivity index (χ3n) is 4.06. The van der Waals surface area contributed by atoms with Gasteiger partial charge in [-0.05, 0) is 25.1 Å². The van der Waals surface area contributed by atoms with Crippen molar-refractivity contribution in [2.24, 2.45) is 7.05 Å². The molecule has 0 unspecified atom stereocenters. The second-order valence-electron chi connectivity index (χ2n) is 5.97. The lowest BCUT2D eigenvalue weighted by Crippen LogP contribution is -2.44. The predicted molar refractivity (Wildman–Crippen MR) is 103 cm³/mol. The minimum absolute atomic E-state index is 0.171. The zero-order valence-corrected chi connectivity index (χ0v) is 18.0. The maximum atomic E-state index is 12.9. The van der Waals surface area contributed by atoms with E-state index in [2.05, 4.69) is 21.2 Å². The molecule has 2 rings (SSSR count). The summed E-state index contributed by atoms with van der Waals surface area (Å²) in [5.41, 5.74) is 0.220. The molecule has 12 heteroatoms. The minimum Gasteiger partial charge on any atom is -0.344 e. The van der Waals surface area contributed by atoms with Gasteiger partial charge in [0.15, 0.2) is 0 Å². The molecule has 1 aromatic carbocycles. The summed E-state index contributed by atoms with van der Waals surface area (Å²) in [6, 6.07) is 4.37. The first-order valence-corrected chi connectivity index (χ1v) is 10.3. The largest absolute Gasteiger partial charge is 0.404 e. The van der Waals surface area contributed by atoms with E-state index >= 15 is 0 Å². The smallest absolute Gasteiger partial charge is 0.344 e. The average Bonchev–Trinajstić information content (AvgIpc) is 2.87. The number of carbonyl (C=O) groups excluding carboxylic acids is 1. The first-order valence-electron chi connectivity index (χ1n) is 7.73. The van der Waals surface area contributed by atoms with E-state index in [9.17, 15) is 26.4 Å². The summed E-state index contributed by atoms with van der Waals surface area (Å²) in [4.78, 5) is 12.0. The molecule has 2 aromatic rings. The quantitative estimate of drug-likeness (QED) is 0.664. The fourth-order valence-corrected chi connectivity index (χ4v) is 4.75. The molecule has 1 aromatic heterocycles. The summed E-state index contributed by atoms with van der Waals surface area (Å²) in [6.45, 7) is 0.718. The van der Waals surface area contributed by atoms with Gasteiger partial charge in [-0.25, -0.2) is 8.42 Å². The van der Waals surface area contributed by atoms with E-state index < -0.39 is 38.1 Å². The molecule has 1 N–H and O–H groups in total. The molecule has 0 radical (unpaired) electrons. The van der Waals surface area contributed by atoms with E-state index in [4.69, 9.17) is 11.6 Å². The van der Waals surface area contributed by atoms with Crippen LogP contribution in [-0.4, -0.2) is 42.5 Å². The first-order chi connectivity index (χ1) is 12.8. The molecule has 1 amide bonds. The number of hydrogen-bond acceptors (Lipinski definition) is 3. The van der Waals surface area contributed by atoms with E-state index in [1.54, 1.807) is 24.3 Å². The van der Waals surface area contributed by atoms with Crippen LogP contribution in [0.15, 0.2) is 39.8 Å². The van der Waals surface area contributed by atoms with E-state index in [-0.39, 0.29) is 10.00 Å². The molecule has 0 aliphatic rings. The van der Waals surface area contributed by atoms with Gasteiger partial charge in [0.05, 0.1) is 5.02 Å². The molecule has 1 atom stereocenters. The molecule has 28 heavy (non-hydrogen) atoms. The molecule has 0 fully saturated rings. The lowest BCUT2D eigenvalue weighted by atomic mass is 10.3. The highest BCUT2D eigenvalue weighted by molar-refractivity contribution is 9.10. The van der Waals surface area contributed by atoms with Gasteiger partial charge in [0.2, 0.25) is 10.0 Å². The number of nitrogens with zero attached hydrogens (tertiary/aromatic N) is 2. The monoisotopic (exact) mass is 501 g/mol. The number of anilines is 1. The van der Waals surface area contributed by atoms with Gasteiger partial charge >= 0.3 is 6.18 Å². The molecule has 0 saturated carbocycles. The maximum Gasteiger partial charge on any atom is 0.404 e. The van der Waals surface area contributed by atoms with E-state index in [0.29, 0.717) is 10.2 Å². The highest BCUT2D eigenvalue weighted by Gasteiger charge is 2.44. The standard InChI is InChI=1S/C16H16BrClF3N3O3S/c1-9(16(19,20)21)24(3)28(26,27)12-8-23(2)14(13(12)18)15(25)22-11-6-4-5-10(17)7-11/h4-9H,1-3H3,(H,22,25)/t9-/m1/s1. The minimum atomic E-state index is -4.76. The number of carbonyl (C=O) groups is 1. The van der Waals surface area contributed by atoms with Crippen molar-refractivity contribution in [2.75, 3.05) is 12.4 Å². The average molecular weight is 503 g/mol. The topological polar surface area (TPSA) is 71.4 Å². The summed E-state index contributed by atoms with van der Waals surface area (Å²) in [5.74, 6) is -0.710. The van der Waals surface area contributed by atoms with Gasteiger partial charge in [-0.2, -0.15) is 17.5 Å². The number of alkyl halides is 3. The van der Waals surface area contributed by atoms with Crippen LogP contribution in [0.2, 0.25) is 5.02 Å². The second kappa shape index (κ2) is 8.05. The van der Waals surface area contributed by atoms with Crippen LogP contribution in [0.25, 0.3) is 0 Å². The number of halogens is 5. The van der Waals surface area contributed by atoms with Crippen LogP contribution in [0.1, 0.15) is 17.4 Å². The number of rotatable bonds is 5. The van der Waals surface area contributed by atoms with Crippen molar-refractivity contribution in [2.45, 2.75) is 24.0 Å². The Morgan fingerprint density at radius 3 is 2.50 bits per heavy atom. The molecule has 0 aliphatic heterocycles. The molecule has 0 spiro atoms. The second-order valence-corrected chi connectivity index (χ2v) is 9.23. The van der Waals surface area contributed by atoms with Crippen LogP contribution in [-0.2, 0) is 17.1 Å². The van der Waals surface area contributed by atoms with Crippen molar-refractivity contribution in [1.29, 1.82) is 0 Å². The Bertz CT molecular complexity index is 1010. The van der Waals surface area contributed by atoms with Gasteiger partial charge in [-0.3, -0.25) is 4.79 Å². The molecule has 1 heterocycles. The molecule has 0 bridgehead atoms. The summed E-state index contributed by atoms with van der Waals surface area (Å²) < 4.78 is 66.0. The Labute approximate surface area is 173 Å². The maximum absolute atomic E-state index is 12.9. The van der Waals surface area contributed by atoms with Crippen molar-refractivity contribution >= 4 is 49.1 Å². The predicted octanol–water partition coefficient (Wildman–Crippen LogP) is 4.26. The van der Waals surface area contributed by atoms with Gasteiger partial charge in [-0.1, -0.05) is 33.6 Å². The van der Waals surface area contributed by atoms with Crippen molar-refractivity contribution in [3.63, 3.8) is 0 Å². The number of amides is 1. The Morgan fingerprint density at radius 1 is 1.36 bits per heavy atom. The zero-order chi connectivity index (χ0) is 21.4. The first kappa shape index (κ1) is 22.7. The Morgan fingerprint density at radius 2 is 1.96 bits per heavy atom. The number of hydrogen-bond donors (Lipinski definition) is 1. The van der Waals surface area contributed by atoms with Crippen molar-refractivity contribution in [3.8, 4) is 0 Å². The van der Waals surface area contributed by atoms with Crippen LogP contribution < -0.4 is 5.32 Å². The van der Waals surface area contributed by atoms with Crippen molar-refractivity contribution in [1.82, 2.24) is 8.87 Å². The SMILES string of the molecule is C[C@@H](N(C)S(=O)(=O)c1cn(C)c(C(=O)Nc2cccc(Br)c2)c1Cl)C(F)(F)F. The number of sulfonamides is 1. The summed E-state index contributed by atoms with van der Waals surface area (Å²) in [6.07, 6.45) is -3.75.